The molecule has 0 rings (SSSR count). The maximum Gasteiger partial charge on any atom is 0.0172 e. The van der Waals surface area contributed by atoms with E-state index in [1.807, 2.05) is 0 Å². The molecule has 0 bridgehead atoms. The Morgan fingerprint density at radius 2 is 0.487 bits per heavy atom. The van der Waals surface area contributed by atoms with Gasteiger partial charge >= 0.3 is 0 Å². The van der Waals surface area contributed by atoms with Gasteiger partial charge in [0.05, 0.1) is 0 Å². The van der Waals surface area contributed by atoms with E-state index in [4.69, 9.17) is 0 Å². The molecule has 0 saturated carbocycles. The maximum atomic E-state index is 4.07. The van der Waals surface area contributed by atoms with Crippen molar-refractivity contribution < 1.29 is 0 Å². The smallest absolute Gasteiger partial charge is 0.0172 e. The molecule has 0 aliphatic carbocycles. The van der Waals surface area contributed by atoms with Gasteiger partial charge in [0.15, 0.2) is 0 Å². The Bertz CT molecular complexity index is 394. The zero-order valence-corrected chi connectivity index (χ0v) is 27.8. The van der Waals surface area contributed by atoms with Crippen LogP contribution in [0.1, 0.15) is 219 Å². The van der Waals surface area contributed by atoms with Gasteiger partial charge in [-0.3, -0.25) is 0 Å². The summed E-state index contributed by atoms with van der Waals surface area (Å²) >= 11 is 0. The van der Waals surface area contributed by atoms with Crippen LogP contribution in [0.15, 0.2) is 12.8 Å². The summed E-state index contributed by atoms with van der Waals surface area (Å²) in [6.07, 6.45) is 48.4. The van der Waals surface area contributed by atoms with E-state index >= 15 is 0 Å². The highest BCUT2D eigenvalue weighted by Crippen LogP contribution is 2.15. The average Bonchev–Trinajstić information content (AvgIpc) is 2.95. The van der Waals surface area contributed by atoms with Gasteiger partial charge in [-0.2, -0.15) is 0 Å². The molecule has 0 heterocycles. The molecule has 0 aliphatic heterocycles. The van der Waals surface area contributed by atoms with Crippen molar-refractivity contribution in [3.63, 3.8) is 0 Å². The summed E-state index contributed by atoms with van der Waals surface area (Å²) in [4.78, 5) is 2.48. The minimum Gasteiger partial charge on any atom is -0.378 e. The molecule has 0 radical (unpaired) electrons. The van der Waals surface area contributed by atoms with Gasteiger partial charge < -0.3 is 4.90 Å². The Balaban J connectivity index is 3.25. The summed E-state index contributed by atoms with van der Waals surface area (Å²) < 4.78 is 0. The lowest BCUT2D eigenvalue weighted by atomic mass is 10.0. The third-order valence-electron chi connectivity index (χ3n) is 8.86. The van der Waals surface area contributed by atoms with Crippen molar-refractivity contribution in [3.8, 4) is 0 Å². The summed E-state index contributed by atoms with van der Waals surface area (Å²) in [5.74, 6) is 0. The Kier molecular flexibility index (Phi) is 35.1. The molecule has 39 heavy (non-hydrogen) atoms. The van der Waals surface area contributed by atoms with Crippen LogP contribution in [0, 0.1) is 0 Å². The molecule has 1 heteroatoms. The largest absolute Gasteiger partial charge is 0.378 e. The average molecular weight is 548 g/mol. The summed E-state index contributed by atoms with van der Waals surface area (Å²) in [7, 11) is 0. The Morgan fingerprint density at radius 3 is 0.667 bits per heavy atom. The predicted octanol–water partition coefficient (Wildman–Crippen LogP) is 14.0. The van der Waals surface area contributed by atoms with Crippen LogP contribution in [0.5, 0.6) is 0 Å². The first-order chi connectivity index (χ1) is 19.3. The number of hydrogen-bond donors (Lipinski definition) is 0. The monoisotopic (exact) mass is 548 g/mol. The van der Waals surface area contributed by atoms with E-state index in [2.05, 4.69) is 31.5 Å². The van der Waals surface area contributed by atoms with Crippen LogP contribution in [0.4, 0.5) is 0 Å². The van der Waals surface area contributed by atoms with Gasteiger partial charge in [-0.25, -0.2) is 0 Å². The van der Waals surface area contributed by atoms with Gasteiger partial charge in [0.1, 0.15) is 0 Å². The summed E-state index contributed by atoms with van der Waals surface area (Å²) in [6, 6.07) is 0. The van der Waals surface area contributed by atoms with Gasteiger partial charge in [0.25, 0.3) is 0 Å². The molecule has 0 aliphatic rings. The van der Waals surface area contributed by atoms with Crippen molar-refractivity contribution in [1.29, 1.82) is 0 Å². The van der Waals surface area contributed by atoms with Gasteiger partial charge in [-0.05, 0) is 19.0 Å². The highest BCUT2D eigenvalue weighted by Gasteiger charge is 2.00. The molecule has 0 atom stereocenters. The molecule has 0 amide bonds. The van der Waals surface area contributed by atoms with Crippen molar-refractivity contribution >= 4 is 0 Å². The maximum absolute atomic E-state index is 4.07. The second-order valence-corrected chi connectivity index (χ2v) is 12.8. The minimum atomic E-state index is 1.22. The van der Waals surface area contributed by atoms with E-state index in [0.717, 1.165) is 0 Å². The van der Waals surface area contributed by atoms with Gasteiger partial charge in [0.2, 0.25) is 0 Å². The molecular weight excluding hydrogens is 470 g/mol. The fourth-order valence-electron chi connectivity index (χ4n) is 6.02. The van der Waals surface area contributed by atoms with Gasteiger partial charge in [-0.15, -0.1) is 0 Å². The van der Waals surface area contributed by atoms with E-state index in [-0.39, 0.29) is 0 Å². The summed E-state index contributed by atoms with van der Waals surface area (Å²) in [5.41, 5.74) is 0. The van der Waals surface area contributed by atoms with E-state index in [9.17, 15) is 0 Å². The van der Waals surface area contributed by atoms with Crippen molar-refractivity contribution in [2.24, 2.45) is 0 Å². The van der Waals surface area contributed by atoms with Gasteiger partial charge in [0, 0.05) is 13.1 Å². The fraction of sp³-hybridized carbons (Fsp3) is 0.947. The highest BCUT2D eigenvalue weighted by atomic mass is 15.1. The molecule has 0 aromatic rings. The van der Waals surface area contributed by atoms with Crippen LogP contribution in [0.2, 0.25) is 0 Å². The van der Waals surface area contributed by atoms with E-state index in [1.54, 1.807) is 0 Å². The summed E-state index contributed by atoms with van der Waals surface area (Å²) in [5, 5.41) is 0. The van der Waals surface area contributed by atoms with Gasteiger partial charge in [-0.1, -0.05) is 213 Å². The second kappa shape index (κ2) is 35.6. The first-order valence-corrected chi connectivity index (χ1v) is 18.7. The second-order valence-electron chi connectivity index (χ2n) is 12.8. The number of unbranched alkanes of at least 4 members (excludes halogenated alkanes) is 30. The van der Waals surface area contributed by atoms with Crippen LogP contribution >= 0.6 is 0 Å². The fourth-order valence-corrected chi connectivity index (χ4v) is 6.02. The number of hydrogen-bond acceptors (Lipinski definition) is 1. The molecule has 0 fully saturated rings. The molecular formula is C38H77N. The van der Waals surface area contributed by atoms with E-state index < -0.39 is 0 Å². The Hall–Kier alpha value is -0.460. The summed E-state index contributed by atoms with van der Waals surface area (Å²) in [6.45, 7) is 11.1. The standard InChI is InChI=1S/C38H77N/c1-4-7-9-11-13-15-17-19-21-23-25-27-29-31-33-35-37-39(6-3)38-36-34-32-30-28-26-24-22-20-18-16-14-12-10-8-5-2/h6H,3-5,7-38H2,1-2H3. The van der Waals surface area contributed by atoms with Crippen LogP contribution in [-0.4, -0.2) is 18.0 Å². The minimum absolute atomic E-state index is 1.22. The van der Waals surface area contributed by atoms with Crippen LogP contribution < -0.4 is 0 Å². The third kappa shape index (κ3) is 33.6. The molecule has 0 spiro atoms. The SMILES string of the molecule is C=CN(CCCCCCCCCCCCCCCCCC)CCCCCCCCCCCCCCCCCC. The van der Waals surface area contributed by atoms with Crippen molar-refractivity contribution in [1.82, 2.24) is 4.90 Å². The zero-order chi connectivity index (χ0) is 28.3. The molecule has 0 saturated heterocycles. The molecule has 0 aromatic heterocycles. The van der Waals surface area contributed by atoms with Crippen LogP contribution in [0.3, 0.4) is 0 Å². The molecule has 0 aromatic carbocycles. The molecule has 0 N–H and O–H groups in total. The molecule has 1 nitrogen and oxygen atoms in total. The Morgan fingerprint density at radius 1 is 0.308 bits per heavy atom. The number of nitrogens with zero attached hydrogens (tertiary/aromatic N) is 1. The lowest BCUT2D eigenvalue weighted by Crippen LogP contribution is -2.19. The molecule has 234 valence electrons. The molecule has 0 unspecified atom stereocenters. The van der Waals surface area contributed by atoms with Crippen molar-refractivity contribution in [2.45, 2.75) is 219 Å². The first-order valence-electron chi connectivity index (χ1n) is 18.7. The quantitative estimate of drug-likeness (QED) is 0.0713. The lowest BCUT2D eigenvalue weighted by Gasteiger charge is -2.19. The third-order valence-corrected chi connectivity index (χ3v) is 8.86. The topological polar surface area (TPSA) is 3.24 Å². The Labute approximate surface area is 249 Å². The van der Waals surface area contributed by atoms with Crippen LogP contribution in [-0.2, 0) is 0 Å². The highest BCUT2D eigenvalue weighted by molar-refractivity contribution is 4.70. The normalized spacial score (nSPS) is 11.3. The predicted molar refractivity (Wildman–Crippen MR) is 181 cm³/mol. The lowest BCUT2D eigenvalue weighted by molar-refractivity contribution is 0.350. The van der Waals surface area contributed by atoms with Crippen molar-refractivity contribution in [3.05, 3.63) is 12.8 Å². The van der Waals surface area contributed by atoms with E-state index in [0.29, 0.717) is 0 Å². The van der Waals surface area contributed by atoms with Crippen molar-refractivity contribution in [2.75, 3.05) is 13.1 Å². The van der Waals surface area contributed by atoms with Crippen LogP contribution in [0.25, 0.3) is 0 Å². The zero-order valence-electron chi connectivity index (χ0n) is 27.8. The first kappa shape index (κ1) is 38.5. The van der Waals surface area contributed by atoms with E-state index in [1.165, 1.54) is 219 Å². The number of rotatable bonds is 35.